The standard InChI is InChI=1S/C18H25N5OS.HI/c1-4-20-18(21-9-8-16-22-11-13(2)25-16)23-12-14-6-5-7-15(10-14)17(24)19-3;/h5-7,10-11H,4,8-9,12H2,1-3H3,(H,19,24)(H2,20,21,23);1H. The molecule has 0 spiro atoms. The number of amides is 1. The Morgan fingerprint density at radius 1 is 1.31 bits per heavy atom. The molecule has 6 nitrogen and oxygen atoms in total. The van der Waals surface area contributed by atoms with Gasteiger partial charge < -0.3 is 16.0 Å². The van der Waals surface area contributed by atoms with E-state index in [0.29, 0.717) is 12.1 Å². The second-order valence-electron chi connectivity index (χ2n) is 5.52. The molecule has 0 bridgehead atoms. The van der Waals surface area contributed by atoms with Crippen molar-refractivity contribution >= 4 is 47.2 Å². The Hall–Kier alpha value is -1.68. The van der Waals surface area contributed by atoms with Crippen molar-refractivity contribution in [3.63, 3.8) is 0 Å². The zero-order valence-electron chi connectivity index (χ0n) is 15.3. The highest BCUT2D eigenvalue weighted by atomic mass is 127. The third-order valence-corrected chi connectivity index (χ3v) is 4.45. The van der Waals surface area contributed by atoms with Gasteiger partial charge in [0.2, 0.25) is 0 Å². The van der Waals surface area contributed by atoms with Crippen LogP contribution in [0.25, 0.3) is 0 Å². The number of halogens is 1. The molecule has 3 N–H and O–H groups in total. The second-order valence-corrected chi connectivity index (χ2v) is 6.84. The van der Waals surface area contributed by atoms with Crippen molar-refractivity contribution in [2.45, 2.75) is 26.8 Å². The van der Waals surface area contributed by atoms with Crippen LogP contribution in [-0.2, 0) is 13.0 Å². The highest BCUT2D eigenvalue weighted by Crippen LogP contribution is 2.11. The average Bonchev–Trinajstić information content (AvgIpc) is 3.04. The van der Waals surface area contributed by atoms with Gasteiger partial charge in [-0.3, -0.25) is 4.79 Å². The number of hydrogen-bond donors (Lipinski definition) is 3. The monoisotopic (exact) mass is 487 g/mol. The summed E-state index contributed by atoms with van der Waals surface area (Å²) in [5, 5.41) is 10.3. The second kappa shape index (κ2) is 11.8. The van der Waals surface area contributed by atoms with E-state index in [4.69, 9.17) is 0 Å². The van der Waals surface area contributed by atoms with Gasteiger partial charge in [-0.1, -0.05) is 12.1 Å². The molecule has 2 rings (SSSR count). The molecule has 0 aliphatic heterocycles. The lowest BCUT2D eigenvalue weighted by Crippen LogP contribution is -2.38. The van der Waals surface area contributed by atoms with Gasteiger partial charge in [-0.25, -0.2) is 9.98 Å². The molecule has 8 heteroatoms. The molecule has 1 heterocycles. The summed E-state index contributed by atoms with van der Waals surface area (Å²) >= 11 is 1.72. The topological polar surface area (TPSA) is 78.4 Å². The minimum atomic E-state index is -0.0883. The molecule has 1 aromatic carbocycles. The Morgan fingerprint density at radius 3 is 2.77 bits per heavy atom. The van der Waals surface area contributed by atoms with Gasteiger partial charge in [0.15, 0.2) is 5.96 Å². The van der Waals surface area contributed by atoms with Gasteiger partial charge in [0, 0.05) is 43.2 Å². The minimum Gasteiger partial charge on any atom is -0.357 e. The fourth-order valence-corrected chi connectivity index (χ4v) is 3.06. The number of aliphatic imine (C=N–C) groups is 1. The number of nitrogens with one attached hydrogen (secondary N) is 3. The van der Waals surface area contributed by atoms with Crippen molar-refractivity contribution < 1.29 is 4.79 Å². The van der Waals surface area contributed by atoms with E-state index in [9.17, 15) is 4.79 Å². The first-order valence-electron chi connectivity index (χ1n) is 8.37. The van der Waals surface area contributed by atoms with E-state index in [1.165, 1.54) is 4.88 Å². The maximum Gasteiger partial charge on any atom is 0.251 e. The molecule has 0 radical (unpaired) electrons. The third kappa shape index (κ3) is 7.28. The van der Waals surface area contributed by atoms with Gasteiger partial charge >= 0.3 is 0 Å². The van der Waals surface area contributed by atoms with Crippen LogP contribution < -0.4 is 16.0 Å². The highest BCUT2D eigenvalue weighted by Gasteiger charge is 2.04. The van der Waals surface area contributed by atoms with Gasteiger partial charge in [0.05, 0.1) is 11.6 Å². The zero-order valence-corrected chi connectivity index (χ0v) is 18.5. The molecule has 0 saturated heterocycles. The first kappa shape index (κ1) is 22.4. The molecule has 0 aliphatic carbocycles. The normalized spacial score (nSPS) is 10.8. The fraction of sp³-hybridized carbons (Fsp3) is 0.389. The molecule has 0 unspecified atom stereocenters. The molecule has 1 aromatic heterocycles. The number of aryl methyl sites for hydroxylation is 1. The summed E-state index contributed by atoms with van der Waals surface area (Å²) in [5.74, 6) is 0.677. The van der Waals surface area contributed by atoms with Crippen molar-refractivity contribution in [2.75, 3.05) is 20.1 Å². The molecule has 26 heavy (non-hydrogen) atoms. The summed E-state index contributed by atoms with van der Waals surface area (Å²) in [5.41, 5.74) is 1.64. The van der Waals surface area contributed by atoms with Crippen molar-refractivity contribution in [3.05, 3.63) is 51.5 Å². The summed E-state index contributed by atoms with van der Waals surface area (Å²) in [6.45, 7) is 6.18. The smallest absolute Gasteiger partial charge is 0.251 e. The number of nitrogens with zero attached hydrogens (tertiary/aromatic N) is 2. The van der Waals surface area contributed by atoms with Crippen LogP contribution in [0.3, 0.4) is 0 Å². The van der Waals surface area contributed by atoms with Gasteiger partial charge in [-0.05, 0) is 31.5 Å². The minimum absolute atomic E-state index is 0. The van der Waals surface area contributed by atoms with Crippen LogP contribution in [0.4, 0.5) is 0 Å². The number of thiazole rings is 1. The largest absolute Gasteiger partial charge is 0.357 e. The number of guanidine groups is 1. The lowest BCUT2D eigenvalue weighted by molar-refractivity contribution is 0.0963. The van der Waals surface area contributed by atoms with E-state index in [-0.39, 0.29) is 29.9 Å². The van der Waals surface area contributed by atoms with Gasteiger partial charge in [0.25, 0.3) is 5.91 Å². The first-order valence-corrected chi connectivity index (χ1v) is 9.18. The molecule has 1 amide bonds. The van der Waals surface area contributed by atoms with Gasteiger partial charge in [-0.2, -0.15) is 0 Å². The molecule has 0 fully saturated rings. The molecule has 142 valence electrons. The fourth-order valence-electron chi connectivity index (χ4n) is 2.27. The van der Waals surface area contributed by atoms with Crippen LogP contribution in [0.5, 0.6) is 0 Å². The van der Waals surface area contributed by atoms with E-state index in [2.05, 4.69) is 32.9 Å². The number of benzene rings is 1. The van der Waals surface area contributed by atoms with E-state index < -0.39 is 0 Å². The summed E-state index contributed by atoms with van der Waals surface area (Å²) < 4.78 is 0. The molecular weight excluding hydrogens is 461 g/mol. The number of carbonyl (C=O) groups is 1. The Balaban J connectivity index is 0.00000338. The Kier molecular flexibility index (Phi) is 10.2. The number of rotatable bonds is 7. The maximum atomic E-state index is 11.7. The predicted octanol–water partition coefficient (Wildman–Crippen LogP) is 2.73. The average molecular weight is 487 g/mol. The van der Waals surface area contributed by atoms with Crippen LogP contribution in [0.2, 0.25) is 0 Å². The number of carbonyl (C=O) groups excluding carboxylic acids is 1. The van der Waals surface area contributed by atoms with Crippen LogP contribution in [0.15, 0.2) is 35.5 Å². The van der Waals surface area contributed by atoms with E-state index in [0.717, 1.165) is 36.0 Å². The molecule has 0 aliphatic rings. The number of hydrogen-bond acceptors (Lipinski definition) is 4. The third-order valence-electron chi connectivity index (χ3n) is 3.48. The molecule has 0 saturated carbocycles. The summed E-state index contributed by atoms with van der Waals surface area (Å²) in [7, 11) is 1.63. The lowest BCUT2D eigenvalue weighted by atomic mass is 10.1. The summed E-state index contributed by atoms with van der Waals surface area (Å²) in [6.07, 6.45) is 2.77. The lowest BCUT2D eigenvalue weighted by Gasteiger charge is -2.11. The van der Waals surface area contributed by atoms with E-state index >= 15 is 0 Å². The van der Waals surface area contributed by atoms with Crippen molar-refractivity contribution in [3.8, 4) is 0 Å². The van der Waals surface area contributed by atoms with Crippen LogP contribution in [-0.4, -0.2) is 37.0 Å². The molecule has 0 atom stereocenters. The Labute approximate surface area is 175 Å². The van der Waals surface area contributed by atoms with Crippen LogP contribution in [0.1, 0.15) is 32.7 Å². The van der Waals surface area contributed by atoms with Crippen molar-refractivity contribution in [1.29, 1.82) is 0 Å². The Bertz CT molecular complexity index is 732. The summed E-state index contributed by atoms with van der Waals surface area (Å²) in [4.78, 5) is 21.9. The maximum absolute atomic E-state index is 11.7. The van der Waals surface area contributed by atoms with Crippen LogP contribution in [0, 0.1) is 6.92 Å². The van der Waals surface area contributed by atoms with Crippen molar-refractivity contribution in [2.24, 2.45) is 4.99 Å². The number of aromatic nitrogens is 1. The predicted molar refractivity (Wildman–Crippen MR) is 119 cm³/mol. The zero-order chi connectivity index (χ0) is 18.1. The van der Waals surface area contributed by atoms with Crippen LogP contribution >= 0.6 is 35.3 Å². The van der Waals surface area contributed by atoms with E-state index in [1.54, 1.807) is 24.5 Å². The SMILES string of the molecule is CCNC(=NCc1cccc(C(=O)NC)c1)NCCc1ncc(C)s1.I. The molecular formula is C18H26IN5OS. The molecule has 2 aromatic rings. The van der Waals surface area contributed by atoms with Gasteiger partial charge in [0.1, 0.15) is 0 Å². The quantitative estimate of drug-likeness (QED) is 0.319. The van der Waals surface area contributed by atoms with Gasteiger partial charge in [-0.15, -0.1) is 35.3 Å². The first-order chi connectivity index (χ1) is 12.1. The summed E-state index contributed by atoms with van der Waals surface area (Å²) in [6, 6.07) is 7.51. The van der Waals surface area contributed by atoms with E-state index in [1.807, 2.05) is 31.3 Å². The Morgan fingerprint density at radius 2 is 2.12 bits per heavy atom. The van der Waals surface area contributed by atoms with Crippen molar-refractivity contribution in [1.82, 2.24) is 20.9 Å². The highest BCUT2D eigenvalue weighted by molar-refractivity contribution is 14.0.